The van der Waals surface area contributed by atoms with Crippen molar-refractivity contribution in [2.45, 2.75) is 33.0 Å². The lowest BCUT2D eigenvalue weighted by Crippen LogP contribution is -2.31. The molecule has 0 amide bonds. The van der Waals surface area contributed by atoms with E-state index in [1.807, 2.05) is 6.92 Å². The molecule has 0 aliphatic rings. The van der Waals surface area contributed by atoms with Crippen LogP contribution >= 0.6 is 0 Å². The van der Waals surface area contributed by atoms with Gasteiger partial charge in [0.05, 0.1) is 0 Å². The maximum absolute atomic E-state index is 11.1. The topological polar surface area (TPSA) is 52.6 Å². The molecule has 110 valence electrons. The van der Waals surface area contributed by atoms with Gasteiger partial charge in [-0.05, 0) is 43.1 Å². The molecule has 0 bridgehead atoms. The van der Waals surface area contributed by atoms with E-state index in [1.54, 1.807) is 12.2 Å². The maximum Gasteiger partial charge on any atom is 0.303 e. The number of ether oxygens (including phenoxy) is 2. The summed E-state index contributed by atoms with van der Waals surface area (Å²) in [7, 11) is 0. The Morgan fingerprint density at radius 2 is 1.52 bits per heavy atom. The molecule has 0 radical (unpaired) electrons. The highest BCUT2D eigenvalue weighted by Crippen LogP contribution is 2.08. The summed E-state index contributed by atoms with van der Waals surface area (Å²) in [6.45, 7) is 7.94. The zero-order valence-electron chi connectivity index (χ0n) is 12.4. The predicted molar refractivity (Wildman–Crippen MR) is 80.8 cm³/mol. The van der Waals surface area contributed by atoms with Gasteiger partial charge >= 0.3 is 11.9 Å². The van der Waals surface area contributed by atoms with Crippen molar-refractivity contribution < 1.29 is 19.1 Å². The third-order valence-electron chi connectivity index (χ3n) is 1.99. The van der Waals surface area contributed by atoms with E-state index in [4.69, 9.17) is 9.47 Å². The Bertz CT molecular complexity index is 547. The van der Waals surface area contributed by atoms with Crippen LogP contribution in [0.3, 0.4) is 0 Å². The molecule has 0 rings (SSSR count). The van der Waals surface area contributed by atoms with Crippen molar-refractivity contribution >= 4 is 11.9 Å². The standard InChI is InChI=1S/C17H18O4/c1-5-7-8-9-10-11-12-13-17(21-15(4)19)16(6-2)20-14(3)18/h5-7,12-13,16-17H,2H2,1,3-4H3. The summed E-state index contributed by atoms with van der Waals surface area (Å²) in [5.41, 5.74) is 0. The predicted octanol–water partition coefficient (Wildman–Crippen LogP) is 2.17. The van der Waals surface area contributed by atoms with Gasteiger partial charge in [-0.2, -0.15) is 0 Å². The van der Waals surface area contributed by atoms with Crippen molar-refractivity contribution in [3.05, 3.63) is 37.0 Å². The minimum atomic E-state index is -0.776. The second-order valence-corrected chi connectivity index (χ2v) is 3.78. The van der Waals surface area contributed by atoms with Crippen LogP contribution in [0.5, 0.6) is 0 Å². The van der Waals surface area contributed by atoms with Crippen LogP contribution in [0.25, 0.3) is 0 Å². The SMILES string of the molecule is C=CC(OC(C)=O)C(C=CC#CC#CC=CC)OC(C)=O. The lowest BCUT2D eigenvalue weighted by molar-refractivity contribution is -0.158. The average molecular weight is 286 g/mol. The molecule has 2 unspecified atom stereocenters. The van der Waals surface area contributed by atoms with Gasteiger partial charge in [-0.25, -0.2) is 0 Å². The maximum atomic E-state index is 11.1. The van der Waals surface area contributed by atoms with Crippen LogP contribution in [-0.4, -0.2) is 24.1 Å². The molecule has 0 saturated heterocycles. The van der Waals surface area contributed by atoms with Crippen LogP contribution < -0.4 is 0 Å². The van der Waals surface area contributed by atoms with E-state index in [0.29, 0.717) is 0 Å². The van der Waals surface area contributed by atoms with Crippen LogP contribution in [0.4, 0.5) is 0 Å². The van der Waals surface area contributed by atoms with Gasteiger partial charge < -0.3 is 9.47 Å². The van der Waals surface area contributed by atoms with Gasteiger partial charge in [0, 0.05) is 13.8 Å². The quantitative estimate of drug-likeness (QED) is 0.441. The van der Waals surface area contributed by atoms with Crippen LogP contribution in [-0.2, 0) is 19.1 Å². The molecule has 2 atom stereocenters. The molecule has 0 aromatic carbocycles. The molecule has 0 heterocycles. The number of esters is 2. The second-order valence-electron chi connectivity index (χ2n) is 3.78. The molecular formula is C17H18O4. The average Bonchev–Trinajstić information content (AvgIpc) is 2.42. The summed E-state index contributed by atoms with van der Waals surface area (Å²) in [5, 5.41) is 0. The first kappa shape index (κ1) is 18.3. The van der Waals surface area contributed by atoms with Crippen LogP contribution in [0, 0.1) is 23.7 Å². The molecular weight excluding hydrogens is 268 g/mol. The second kappa shape index (κ2) is 11.1. The summed E-state index contributed by atoms with van der Waals surface area (Å²) in [4.78, 5) is 22.1. The first-order valence-corrected chi connectivity index (χ1v) is 6.27. The number of carbonyl (C=O) groups excluding carboxylic acids is 2. The van der Waals surface area contributed by atoms with Gasteiger partial charge in [0.15, 0.2) is 12.2 Å². The fourth-order valence-corrected chi connectivity index (χ4v) is 1.23. The van der Waals surface area contributed by atoms with Gasteiger partial charge in [-0.15, -0.1) is 0 Å². The number of hydrogen-bond acceptors (Lipinski definition) is 4. The minimum Gasteiger partial charge on any atom is -0.454 e. The fraction of sp³-hybridized carbons (Fsp3) is 0.294. The zero-order valence-corrected chi connectivity index (χ0v) is 12.4. The molecule has 0 aliphatic heterocycles. The van der Waals surface area contributed by atoms with Crippen LogP contribution in [0.2, 0.25) is 0 Å². The van der Waals surface area contributed by atoms with Crippen LogP contribution in [0.1, 0.15) is 20.8 Å². The lowest BCUT2D eigenvalue weighted by Gasteiger charge is -2.20. The molecule has 21 heavy (non-hydrogen) atoms. The lowest BCUT2D eigenvalue weighted by atomic mass is 10.2. The van der Waals surface area contributed by atoms with Crippen molar-refractivity contribution in [3.8, 4) is 23.7 Å². The Morgan fingerprint density at radius 3 is 2.00 bits per heavy atom. The Balaban J connectivity index is 4.91. The summed E-state index contributed by atoms with van der Waals surface area (Å²) >= 11 is 0. The van der Waals surface area contributed by atoms with Gasteiger partial charge in [0.1, 0.15) is 0 Å². The zero-order chi connectivity index (χ0) is 16.1. The van der Waals surface area contributed by atoms with E-state index in [0.717, 1.165) is 0 Å². The number of rotatable bonds is 5. The highest BCUT2D eigenvalue weighted by molar-refractivity contribution is 5.67. The molecule has 0 N–H and O–H groups in total. The summed E-state index contributed by atoms with van der Waals surface area (Å²) in [6.07, 6.45) is 6.32. The van der Waals surface area contributed by atoms with Crippen molar-refractivity contribution in [3.63, 3.8) is 0 Å². The number of carbonyl (C=O) groups is 2. The van der Waals surface area contributed by atoms with Gasteiger partial charge in [-0.3, -0.25) is 9.59 Å². The Labute approximate surface area is 125 Å². The largest absolute Gasteiger partial charge is 0.454 e. The Kier molecular flexibility index (Phi) is 9.69. The summed E-state index contributed by atoms with van der Waals surface area (Å²) in [6, 6.07) is 0. The Morgan fingerprint density at radius 1 is 1.00 bits per heavy atom. The minimum absolute atomic E-state index is 0.492. The number of allylic oxidation sites excluding steroid dienone is 3. The van der Waals surface area contributed by atoms with E-state index in [2.05, 4.69) is 30.3 Å². The Hall–Kier alpha value is -2.72. The van der Waals surface area contributed by atoms with Crippen molar-refractivity contribution in [1.29, 1.82) is 0 Å². The third-order valence-corrected chi connectivity index (χ3v) is 1.99. The molecule has 0 aromatic heterocycles. The van der Waals surface area contributed by atoms with Crippen molar-refractivity contribution in [1.82, 2.24) is 0 Å². The van der Waals surface area contributed by atoms with Crippen molar-refractivity contribution in [2.24, 2.45) is 0 Å². The highest BCUT2D eigenvalue weighted by Gasteiger charge is 2.21. The fourth-order valence-electron chi connectivity index (χ4n) is 1.23. The van der Waals surface area contributed by atoms with Gasteiger partial charge in [0.2, 0.25) is 0 Å². The van der Waals surface area contributed by atoms with Gasteiger partial charge in [-0.1, -0.05) is 24.5 Å². The monoisotopic (exact) mass is 286 g/mol. The molecule has 4 nitrogen and oxygen atoms in total. The first-order valence-electron chi connectivity index (χ1n) is 6.27. The highest BCUT2D eigenvalue weighted by atomic mass is 16.6. The number of hydrogen-bond donors (Lipinski definition) is 0. The summed E-state index contributed by atoms with van der Waals surface area (Å²) in [5.74, 6) is 9.61. The van der Waals surface area contributed by atoms with E-state index >= 15 is 0 Å². The van der Waals surface area contributed by atoms with E-state index in [-0.39, 0.29) is 0 Å². The van der Waals surface area contributed by atoms with E-state index < -0.39 is 24.1 Å². The molecule has 0 fully saturated rings. The molecule has 0 spiro atoms. The third kappa shape index (κ3) is 9.81. The molecule has 0 aliphatic carbocycles. The van der Waals surface area contributed by atoms with E-state index in [1.165, 1.54) is 32.1 Å². The molecule has 0 aromatic rings. The first-order chi connectivity index (χ1) is 10.0. The van der Waals surface area contributed by atoms with Crippen molar-refractivity contribution in [2.75, 3.05) is 0 Å². The molecule has 0 saturated carbocycles. The van der Waals surface area contributed by atoms with E-state index in [9.17, 15) is 9.59 Å². The van der Waals surface area contributed by atoms with Gasteiger partial charge in [0.25, 0.3) is 0 Å². The smallest absolute Gasteiger partial charge is 0.303 e. The summed E-state index contributed by atoms with van der Waals surface area (Å²) < 4.78 is 10.1. The normalized spacial score (nSPS) is 12.5. The molecule has 4 heteroatoms. The van der Waals surface area contributed by atoms with Crippen LogP contribution in [0.15, 0.2) is 37.0 Å².